The molecule has 1 aromatic heterocycles. The second-order valence-electron chi connectivity index (χ2n) is 7.75. The summed E-state index contributed by atoms with van der Waals surface area (Å²) in [5, 5.41) is 3.11. The van der Waals surface area contributed by atoms with Gasteiger partial charge in [-0.05, 0) is 31.9 Å². The Kier molecular flexibility index (Phi) is 5.35. The molecule has 1 N–H and O–H groups in total. The monoisotopic (exact) mass is 369 g/mol. The molecule has 0 aliphatic carbocycles. The lowest BCUT2D eigenvalue weighted by Crippen LogP contribution is -2.48. The molecule has 2 aromatic rings. The van der Waals surface area contributed by atoms with Crippen molar-refractivity contribution in [3.8, 4) is 11.5 Å². The molecule has 6 nitrogen and oxygen atoms in total. The van der Waals surface area contributed by atoms with Gasteiger partial charge in [-0.15, -0.1) is 0 Å². The summed E-state index contributed by atoms with van der Waals surface area (Å²) in [6.45, 7) is 8.43. The zero-order valence-corrected chi connectivity index (χ0v) is 16.4. The molecule has 0 spiro atoms. The number of hydrogen-bond donors (Lipinski definition) is 1. The average Bonchev–Trinajstić information content (AvgIpc) is 3.30. The van der Waals surface area contributed by atoms with Crippen LogP contribution in [0, 0.1) is 5.41 Å². The van der Waals surface area contributed by atoms with Gasteiger partial charge in [-0.2, -0.15) is 0 Å². The molecule has 1 aliphatic rings. The minimum absolute atomic E-state index is 0.0314. The van der Waals surface area contributed by atoms with Crippen LogP contribution >= 0.6 is 0 Å². The van der Waals surface area contributed by atoms with Crippen LogP contribution in [0.3, 0.4) is 0 Å². The molecule has 0 saturated carbocycles. The number of oxazole rings is 1. The number of rotatable bonds is 5. The molecule has 144 valence electrons. The maximum absolute atomic E-state index is 12.9. The molecule has 1 fully saturated rings. The summed E-state index contributed by atoms with van der Waals surface area (Å²) in [4.78, 5) is 31.5. The van der Waals surface area contributed by atoms with Gasteiger partial charge in [0, 0.05) is 23.6 Å². The smallest absolute Gasteiger partial charge is 0.276 e. The van der Waals surface area contributed by atoms with Crippen LogP contribution in [0.2, 0.25) is 0 Å². The zero-order valence-electron chi connectivity index (χ0n) is 16.4. The number of nitrogens with one attached hydrogen (secondary N) is 1. The van der Waals surface area contributed by atoms with Gasteiger partial charge in [0.1, 0.15) is 6.26 Å². The Bertz CT molecular complexity index is 813. The van der Waals surface area contributed by atoms with Gasteiger partial charge in [0.15, 0.2) is 5.69 Å². The number of likely N-dealkylation sites (tertiary alicyclic amines) is 1. The zero-order chi connectivity index (χ0) is 19.6. The minimum Gasteiger partial charge on any atom is -0.444 e. The van der Waals surface area contributed by atoms with Gasteiger partial charge in [0.2, 0.25) is 11.8 Å². The SMILES string of the molecule is CCC(C)(C)C(=O)NC1CCN(C(=O)c2coc(-c3ccccc3)n2)C1C. The van der Waals surface area contributed by atoms with Crippen LogP contribution in [-0.4, -0.2) is 40.3 Å². The van der Waals surface area contributed by atoms with E-state index in [2.05, 4.69) is 10.3 Å². The molecule has 1 aliphatic heterocycles. The van der Waals surface area contributed by atoms with Gasteiger partial charge in [-0.25, -0.2) is 4.98 Å². The second kappa shape index (κ2) is 7.55. The first-order chi connectivity index (χ1) is 12.8. The van der Waals surface area contributed by atoms with E-state index in [0.29, 0.717) is 18.1 Å². The number of amides is 2. The molecule has 2 heterocycles. The Morgan fingerprint density at radius 2 is 2.00 bits per heavy atom. The van der Waals surface area contributed by atoms with Crippen molar-refractivity contribution >= 4 is 11.8 Å². The maximum atomic E-state index is 12.9. The van der Waals surface area contributed by atoms with Gasteiger partial charge < -0.3 is 14.6 Å². The van der Waals surface area contributed by atoms with Gasteiger partial charge in [-0.3, -0.25) is 9.59 Å². The van der Waals surface area contributed by atoms with E-state index in [1.807, 2.05) is 58.0 Å². The number of hydrogen-bond acceptors (Lipinski definition) is 4. The van der Waals surface area contributed by atoms with E-state index in [1.165, 1.54) is 6.26 Å². The summed E-state index contributed by atoms with van der Waals surface area (Å²) in [5.74, 6) is 0.296. The molecule has 3 rings (SSSR count). The molecule has 6 heteroatoms. The van der Waals surface area contributed by atoms with Gasteiger partial charge in [0.05, 0.1) is 6.04 Å². The number of carbonyl (C=O) groups is 2. The lowest BCUT2D eigenvalue weighted by molar-refractivity contribution is -0.130. The van der Waals surface area contributed by atoms with E-state index < -0.39 is 5.41 Å². The van der Waals surface area contributed by atoms with Crippen LogP contribution in [0.4, 0.5) is 0 Å². The molecule has 2 unspecified atom stereocenters. The highest BCUT2D eigenvalue weighted by Gasteiger charge is 2.38. The highest BCUT2D eigenvalue weighted by atomic mass is 16.3. The van der Waals surface area contributed by atoms with Crippen LogP contribution in [0.15, 0.2) is 41.0 Å². The predicted molar refractivity (Wildman–Crippen MR) is 103 cm³/mol. The number of carbonyl (C=O) groups excluding carboxylic acids is 2. The summed E-state index contributed by atoms with van der Waals surface area (Å²) < 4.78 is 5.49. The Labute approximate surface area is 160 Å². The molecule has 0 bridgehead atoms. The first kappa shape index (κ1) is 19.1. The molecule has 2 amide bonds. The summed E-state index contributed by atoms with van der Waals surface area (Å²) in [5.41, 5.74) is 0.716. The third-order valence-corrected chi connectivity index (χ3v) is 5.57. The molecule has 27 heavy (non-hydrogen) atoms. The van der Waals surface area contributed by atoms with Crippen molar-refractivity contribution in [3.05, 3.63) is 42.3 Å². The molecular formula is C21H27N3O3. The van der Waals surface area contributed by atoms with Crippen LogP contribution < -0.4 is 5.32 Å². The fraction of sp³-hybridized carbons (Fsp3) is 0.476. The molecule has 0 radical (unpaired) electrons. The van der Waals surface area contributed by atoms with Crippen LogP contribution in [0.25, 0.3) is 11.5 Å². The van der Waals surface area contributed by atoms with Crippen LogP contribution in [-0.2, 0) is 4.79 Å². The number of aromatic nitrogens is 1. The summed E-state index contributed by atoms with van der Waals surface area (Å²) in [6, 6.07) is 9.35. The Balaban J connectivity index is 1.68. The van der Waals surface area contributed by atoms with E-state index in [9.17, 15) is 9.59 Å². The van der Waals surface area contributed by atoms with Gasteiger partial charge in [-0.1, -0.05) is 39.0 Å². The summed E-state index contributed by atoms with van der Waals surface area (Å²) in [7, 11) is 0. The average molecular weight is 369 g/mol. The van der Waals surface area contributed by atoms with E-state index in [1.54, 1.807) is 4.90 Å². The highest BCUT2D eigenvalue weighted by Crippen LogP contribution is 2.25. The first-order valence-corrected chi connectivity index (χ1v) is 9.46. The number of nitrogens with zero attached hydrogens (tertiary/aromatic N) is 2. The summed E-state index contributed by atoms with van der Waals surface area (Å²) >= 11 is 0. The quantitative estimate of drug-likeness (QED) is 0.875. The normalized spacial score (nSPS) is 19.9. The molecular weight excluding hydrogens is 342 g/mol. The Hall–Kier alpha value is -2.63. The van der Waals surface area contributed by atoms with Crippen molar-refractivity contribution in [2.75, 3.05) is 6.54 Å². The second-order valence-corrected chi connectivity index (χ2v) is 7.75. The molecule has 2 atom stereocenters. The van der Waals surface area contributed by atoms with E-state index >= 15 is 0 Å². The minimum atomic E-state index is -0.409. The van der Waals surface area contributed by atoms with Gasteiger partial charge in [0.25, 0.3) is 5.91 Å². The Morgan fingerprint density at radius 3 is 2.67 bits per heavy atom. The predicted octanol–water partition coefficient (Wildman–Crippen LogP) is 3.50. The Morgan fingerprint density at radius 1 is 1.30 bits per heavy atom. The third kappa shape index (κ3) is 3.89. The molecule has 1 aromatic carbocycles. The van der Waals surface area contributed by atoms with Crippen molar-refractivity contribution in [2.45, 2.75) is 52.6 Å². The fourth-order valence-electron chi connectivity index (χ4n) is 3.18. The van der Waals surface area contributed by atoms with Crippen molar-refractivity contribution in [3.63, 3.8) is 0 Å². The third-order valence-electron chi connectivity index (χ3n) is 5.57. The van der Waals surface area contributed by atoms with E-state index in [0.717, 1.165) is 18.4 Å². The summed E-state index contributed by atoms with van der Waals surface area (Å²) in [6.07, 6.45) is 2.91. The number of benzene rings is 1. The standard InChI is InChI=1S/C21H27N3O3/c1-5-21(3,4)20(26)23-16-11-12-24(14(16)2)19(25)17-13-27-18(22-17)15-9-7-6-8-10-15/h6-10,13-14,16H,5,11-12H2,1-4H3,(H,23,26). The topological polar surface area (TPSA) is 75.4 Å². The van der Waals surface area contributed by atoms with Crippen LogP contribution in [0.1, 0.15) is 51.0 Å². The lowest BCUT2D eigenvalue weighted by Gasteiger charge is -2.28. The lowest BCUT2D eigenvalue weighted by atomic mass is 9.88. The van der Waals surface area contributed by atoms with Crippen molar-refractivity contribution in [2.24, 2.45) is 5.41 Å². The van der Waals surface area contributed by atoms with Crippen LogP contribution in [0.5, 0.6) is 0 Å². The fourth-order valence-corrected chi connectivity index (χ4v) is 3.18. The van der Waals surface area contributed by atoms with Crippen molar-refractivity contribution < 1.29 is 14.0 Å². The van der Waals surface area contributed by atoms with E-state index in [4.69, 9.17) is 4.42 Å². The van der Waals surface area contributed by atoms with E-state index in [-0.39, 0.29) is 23.9 Å². The highest BCUT2D eigenvalue weighted by molar-refractivity contribution is 5.93. The first-order valence-electron chi connectivity index (χ1n) is 9.46. The maximum Gasteiger partial charge on any atom is 0.276 e. The van der Waals surface area contributed by atoms with Crippen molar-refractivity contribution in [1.29, 1.82) is 0 Å². The van der Waals surface area contributed by atoms with Crippen molar-refractivity contribution in [1.82, 2.24) is 15.2 Å². The van der Waals surface area contributed by atoms with Gasteiger partial charge >= 0.3 is 0 Å². The largest absolute Gasteiger partial charge is 0.444 e. The molecule has 1 saturated heterocycles.